The summed E-state index contributed by atoms with van der Waals surface area (Å²) in [5.74, 6) is -0.507. The minimum atomic E-state index is -0.507. The van der Waals surface area contributed by atoms with E-state index in [4.69, 9.17) is 5.26 Å². The average Bonchev–Trinajstić information content (AvgIpc) is 2.71. The van der Waals surface area contributed by atoms with Gasteiger partial charge in [-0.1, -0.05) is 122 Å². The summed E-state index contributed by atoms with van der Waals surface area (Å²) in [5.41, 5.74) is 0. The number of carbonyl (C=O) groups is 1. The number of unbranched alkanes of at least 4 members (excludes halogenated alkanes) is 18. The molecule has 27 heavy (non-hydrogen) atoms. The highest BCUT2D eigenvalue weighted by Gasteiger charge is 2.00. The van der Waals surface area contributed by atoms with Gasteiger partial charge in [0.25, 0.3) is 0 Å². The molecule has 0 amide bonds. The first kappa shape index (κ1) is 28.4. The molecule has 0 atom stereocenters. The van der Waals surface area contributed by atoms with Gasteiger partial charge in [-0.2, -0.15) is 5.26 Å². The van der Waals surface area contributed by atoms with Crippen molar-refractivity contribution in [2.75, 3.05) is 0 Å². The molecule has 0 spiro atoms. The summed E-state index contributed by atoms with van der Waals surface area (Å²) >= 11 is 0. The average molecular weight is 385 g/mol. The minimum absolute atomic E-state index is 0.343. The van der Waals surface area contributed by atoms with Crippen LogP contribution in [-0.2, 0) is 9.68 Å². The van der Waals surface area contributed by atoms with E-state index < -0.39 is 5.97 Å². The Kier molecular flexibility index (Phi) is 28.8. The van der Waals surface area contributed by atoms with Crippen LogP contribution in [0.1, 0.15) is 135 Å². The summed E-state index contributed by atoms with van der Waals surface area (Å²) in [4.78, 5) is 14.4. The topological polar surface area (TPSA) is 46.5 Å². The zero-order valence-electron chi connectivity index (χ0n) is 18.3. The van der Waals surface area contributed by atoms with Crippen molar-refractivity contribution < 1.29 is 14.9 Å². The van der Waals surface area contributed by atoms with Gasteiger partial charge in [-0.25, -0.2) is 4.79 Å². The molecule has 0 aliphatic heterocycles. The van der Waals surface area contributed by atoms with E-state index in [1.165, 1.54) is 109 Å². The van der Waals surface area contributed by atoms with Gasteiger partial charge < -0.3 is 4.89 Å². The summed E-state index contributed by atoms with van der Waals surface area (Å²) in [6.45, 7) is 8.28. The predicted molar refractivity (Wildman–Crippen MR) is 118 cm³/mol. The van der Waals surface area contributed by atoms with Gasteiger partial charge in [0.2, 0.25) is 0 Å². The van der Waals surface area contributed by atoms with Crippen LogP contribution in [0.4, 0.5) is 0 Å². The van der Waals surface area contributed by atoms with E-state index in [2.05, 4.69) is 25.0 Å². The number of hydrogen-bond acceptors (Lipinski definition) is 3. The molecule has 0 saturated carbocycles. The number of carbonyl (C=O) groups excluding carboxylic acids is 1. The van der Waals surface area contributed by atoms with Crippen LogP contribution in [-0.4, -0.2) is 11.2 Å². The first-order valence-corrected chi connectivity index (χ1v) is 11.7. The van der Waals surface area contributed by atoms with Crippen LogP contribution in [0, 0.1) is 0 Å². The molecule has 3 nitrogen and oxygen atoms in total. The SMILES string of the molecule is C=C.CCCCCCCCCCCCCCCCCCCCCC(=O)OO. The molecule has 0 aromatic rings. The summed E-state index contributed by atoms with van der Waals surface area (Å²) in [5, 5.41) is 8.14. The molecule has 0 rings (SSSR count). The third-order valence-electron chi connectivity index (χ3n) is 5.09. The van der Waals surface area contributed by atoms with Crippen LogP contribution in [0.15, 0.2) is 13.2 Å². The minimum Gasteiger partial charge on any atom is -0.301 e. The van der Waals surface area contributed by atoms with E-state index in [1.54, 1.807) is 0 Å². The fourth-order valence-electron chi connectivity index (χ4n) is 3.39. The number of rotatable bonds is 20. The molecule has 0 unspecified atom stereocenters. The largest absolute Gasteiger partial charge is 0.342 e. The van der Waals surface area contributed by atoms with E-state index in [0.29, 0.717) is 6.42 Å². The van der Waals surface area contributed by atoms with Gasteiger partial charge in [0.05, 0.1) is 0 Å². The third-order valence-corrected chi connectivity index (χ3v) is 5.09. The molecule has 0 radical (unpaired) electrons. The smallest absolute Gasteiger partial charge is 0.301 e. The molecule has 0 fully saturated rings. The highest BCUT2D eigenvalue weighted by atomic mass is 17.1. The van der Waals surface area contributed by atoms with Crippen molar-refractivity contribution in [1.82, 2.24) is 0 Å². The van der Waals surface area contributed by atoms with Crippen molar-refractivity contribution in [3.63, 3.8) is 0 Å². The van der Waals surface area contributed by atoms with Crippen molar-refractivity contribution in [3.8, 4) is 0 Å². The van der Waals surface area contributed by atoms with E-state index in [9.17, 15) is 4.79 Å². The molecule has 0 aliphatic rings. The Hall–Kier alpha value is -0.830. The molecule has 3 heteroatoms. The van der Waals surface area contributed by atoms with Crippen LogP contribution >= 0.6 is 0 Å². The first-order chi connectivity index (χ1) is 13.3. The monoisotopic (exact) mass is 384 g/mol. The van der Waals surface area contributed by atoms with E-state index in [0.717, 1.165) is 12.8 Å². The summed E-state index contributed by atoms with van der Waals surface area (Å²) in [6.07, 6.45) is 25.9. The van der Waals surface area contributed by atoms with Crippen LogP contribution in [0.5, 0.6) is 0 Å². The molecular weight excluding hydrogens is 336 g/mol. The Morgan fingerprint density at radius 1 is 0.593 bits per heavy atom. The van der Waals surface area contributed by atoms with Gasteiger partial charge in [0.15, 0.2) is 0 Å². The van der Waals surface area contributed by atoms with Gasteiger partial charge in [-0.3, -0.25) is 0 Å². The highest BCUT2D eigenvalue weighted by molar-refractivity contribution is 5.68. The van der Waals surface area contributed by atoms with Crippen molar-refractivity contribution in [2.24, 2.45) is 0 Å². The van der Waals surface area contributed by atoms with Gasteiger partial charge in [0, 0.05) is 6.42 Å². The lowest BCUT2D eigenvalue weighted by Gasteiger charge is -2.04. The molecule has 0 aromatic carbocycles. The van der Waals surface area contributed by atoms with Gasteiger partial charge in [-0.05, 0) is 6.42 Å². The lowest BCUT2D eigenvalue weighted by molar-refractivity contribution is -0.234. The summed E-state index contributed by atoms with van der Waals surface area (Å²) in [6, 6.07) is 0. The lowest BCUT2D eigenvalue weighted by Crippen LogP contribution is -1.99. The predicted octanol–water partition coefficient (Wildman–Crippen LogP) is 8.63. The van der Waals surface area contributed by atoms with Crippen LogP contribution < -0.4 is 0 Å². The van der Waals surface area contributed by atoms with Crippen molar-refractivity contribution in [2.45, 2.75) is 135 Å². The van der Waals surface area contributed by atoms with Crippen LogP contribution in [0.2, 0.25) is 0 Å². The quantitative estimate of drug-likeness (QED) is 0.0988. The molecule has 0 aliphatic carbocycles. The Morgan fingerprint density at radius 3 is 1.11 bits per heavy atom. The van der Waals surface area contributed by atoms with Crippen molar-refractivity contribution >= 4 is 5.97 Å². The van der Waals surface area contributed by atoms with Gasteiger partial charge >= 0.3 is 5.97 Å². The molecule has 0 heterocycles. The zero-order valence-corrected chi connectivity index (χ0v) is 18.3. The lowest BCUT2D eigenvalue weighted by atomic mass is 10.0. The third kappa shape index (κ3) is 27.5. The molecule has 0 saturated heterocycles. The Labute approximate surface area is 169 Å². The van der Waals surface area contributed by atoms with Gasteiger partial charge in [-0.15, -0.1) is 13.2 Å². The molecular formula is C24H48O3. The van der Waals surface area contributed by atoms with Gasteiger partial charge in [0.1, 0.15) is 0 Å². The standard InChI is InChI=1S/C22H44O3.C2H4/c1-2-3-4-5-6-7-8-9-10-11-12-13-14-15-16-17-18-19-20-21-22(23)25-24;1-2/h24H,2-21H2,1H3;1-2H2. The summed E-state index contributed by atoms with van der Waals surface area (Å²) in [7, 11) is 0. The van der Waals surface area contributed by atoms with E-state index >= 15 is 0 Å². The Balaban J connectivity index is 0. The first-order valence-electron chi connectivity index (χ1n) is 11.7. The second-order valence-corrected chi connectivity index (χ2v) is 7.58. The Bertz CT molecular complexity index is 279. The fraction of sp³-hybridized carbons (Fsp3) is 0.875. The van der Waals surface area contributed by atoms with Crippen LogP contribution in [0.25, 0.3) is 0 Å². The molecule has 162 valence electrons. The van der Waals surface area contributed by atoms with Crippen molar-refractivity contribution in [3.05, 3.63) is 13.2 Å². The van der Waals surface area contributed by atoms with Crippen LogP contribution in [0.3, 0.4) is 0 Å². The highest BCUT2D eigenvalue weighted by Crippen LogP contribution is 2.14. The molecule has 0 aromatic heterocycles. The van der Waals surface area contributed by atoms with E-state index in [1.807, 2.05) is 0 Å². The normalized spacial score (nSPS) is 10.3. The second-order valence-electron chi connectivity index (χ2n) is 7.58. The maximum absolute atomic E-state index is 10.7. The van der Waals surface area contributed by atoms with E-state index in [-0.39, 0.29) is 0 Å². The maximum atomic E-state index is 10.7. The summed E-state index contributed by atoms with van der Waals surface area (Å²) < 4.78 is 0. The fourth-order valence-corrected chi connectivity index (χ4v) is 3.39. The maximum Gasteiger partial charge on any atom is 0.342 e. The second kappa shape index (κ2) is 27.4. The molecule has 1 N–H and O–H groups in total. The zero-order chi connectivity index (χ0) is 20.4. The number of hydrogen-bond donors (Lipinski definition) is 1. The Morgan fingerprint density at radius 2 is 0.852 bits per heavy atom. The molecule has 0 bridgehead atoms. The van der Waals surface area contributed by atoms with Crippen molar-refractivity contribution in [1.29, 1.82) is 0 Å².